The van der Waals surface area contributed by atoms with Crippen LogP contribution < -0.4 is 10.6 Å². The number of rotatable bonds is 17. The SMILES string of the molecule is CCCCCCCNCCCCCCCCCNCC. The van der Waals surface area contributed by atoms with Crippen molar-refractivity contribution < 1.29 is 0 Å². The van der Waals surface area contributed by atoms with E-state index in [1.807, 2.05) is 0 Å². The average Bonchev–Trinajstić information content (AvgIpc) is 2.47. The summed E-state index contributed by atoms with van der Waals surface area (Å²) in [6.07, 6.45) is 16.8. The van der Waals surface area contributed by atoms with E-state index in [9.17, 15) is 0 Å². The summed E-state index contributed by atoms with van der Waals surface area (Å²) in [5, 5.41) is 6.97. The highest BCUT2D eigenvalue weighted by Gasteiger charge is 1.93. The predicted octanol–water partition coefficient (Wildman–Crippen LogP) is 4.89. The first-order valence-electron chi connectivity index (χ1n) is 9.33. The van der Waals surface area contributed by atoms with Crippen molar-refractivity contribution in [3.05, 3.63) is 0 Å². The van der Waals surface area contributed by atoms with E-state index < -0.39 is 0 Å². The second kappa shape index (κ2) is 18.9. The highest BCUT2D eigenvalue weighted by molar-refractivity contribution is 4.52. The molecule has 0 aromatic heterocycles. The minimum Gasteiger partial charge on any atom is -0.317 e. The molecule has 0 saturated carbocycles. The summed E-state index contributed by atoms with van der Waals surface area (Å²) in [5.74, 6) is 0. The fourth-order valence-electron chi connectivity index (χ4n) is 2.54. The highest BCUT2D eigenvalue weighted by Crippen LogP contribution is 2.06. The molecule has 122 valence electrons. The van der Waals surface area contributed by atoms with Gasteiger partial charge in [-0.2, -0.15) is 0 Å². The van der Waals surface area contributed by atoms with Gasteiger partial charge in [0, 0.05) is 0 Å². The number of hydrogen-bond donors (Lipinski definition) is 2. The van der Waals surface area contributed by atoms with Crippen LogP contribution in [0.2, 0.25) is 0 Å². The van der Waals surface area contributed by atoms with Crippen LogP contribution in [0, 0.1) is 0 Å². The van der Waals surface area contributed by atoms with Crippen LogP contribution in [0.15, 0.2) is 0 Å². The van der Waals surface area contributed by atoms with Crippen molar-refractivity contribution in [3.63, 3.8) is 0 Å². The number of hydrogen-bond acceptors (Lipinski definition) is 2. The predicted molar refractivity (Wildman–Crippen MR) is 92.5 cm³/mol. The van der Waals surface area contributed by atoms with Crippen molar-refractivity contribution in [2.75, 3.05) is 26.2 Å². The lowest BCUT2D eigenvalue weighted by molar-refractivity contribution is 0.536. The van der Waals surface area contributed by atoms with Gasteiger partial charge < -0.3 is 10.6 Å². The normalized spacial score (nSPS) is 11.1. The van der Waals surface area contributed by atoms with E-state index in [2.05, 4.69) is 24.5 Å². The Morgan fingerprint density at radius 1 is 0.450 bits per heavy atom. The third-order valence-electron chi connectivity index (χ3n) is 3.91. The Morgan fingerprint density at radius 2 is 0.850 bits per heavy atom. The first-order valence-corrected chi connectivity index (χ1v) is 9.33. The fraction of sp³-hybridized carbons (Fsp3) is 1.00. The molecule has 0 fully saturated rings. The molecule has 2 N–H and O–H groups in total. The zero-order chi connectivity index (χ0) is 14.7. The van der Waals surface area contributed by atoms with Crippen LogP contribution in [-0.4, -0.2) is 26.2 Å². The fourth-order valence-corrected chi connectivity index (χ4v) is 2.54. The van der Waals surface area contributed by atoms with Crippen molar-refractivity contribution in [3.8, 4) is 0 Å². The van der Waals surface area contributed by atoms with E-state index in [0.29, 0.717) is 0 Å². The summed E-state index contributed by atoms with van der Waals surface area (Å²) < 4.78 is 0. The Balaban J connectivity index is 2.89. The van der Waals surface area contributed by atoms with Crippen LogP contribution in [0.25, 0.3) is 0 Å². The lowest BCUT2D eigenvalue weighted by Crippen LogP contribution is -2.16. The number of nitrogens with one attached hydrogen (secondary N) is 2. The minimum absolute atomic E-state index is 1.12. The summed E-state index contributed by atoms with van der Waals surface area (Å²) >= 11 is 0. The van der Waals surface area contributed by atoms with E-state index in [1.165, 1.54) is 96.7 Å². The summed E-state index contributed by atoms with van der Waals surface area (Å²) in [6.45, 7) is 9.24. The molecule has 0 rings (SSSR count). The summed E-state index contributed by atoms with van der Waals surface area (Å²) in [5.41, 5.74) is 0. The topological polar surface area (TPSA) is 24.1 Å². The largest absolute Gasteiger partial charge is 0.317 e. The van der Waals surface area contributed by atoms with Crippen LogP contribution >= 0.6 is 0 Å². The van der Waals surface area contributed by atoms with Crippen LogP contribution in [0.4, 0.5) is 0 Å². The maximum absolute atomic E-state index is 3.58. The Labute approximate surface area is 128 Å². The Hall–Kier alpha value is -0.0800. The molecule has 0 aliphatic carbocycles. The molecule has 0 atom stereocenters. The van der Waals surface area contributed by atoms with Gasteiger partial charge in [-0.05, 0) is 45.4 Å². The lowest BCUT2D eigenvalue weighted by atomic mass is 10.1. The third-order valence-corrected chi connectivity index (χ3v) is 3.91. The molecule has 20 heavy (non-hydrogen) atoms. The van der Waals surface area contributed by atoms with E-state index in [-0.39, 0.29) is 0 Å². The molecule has 0 aromatic carbocycles. The standard InChI is InChI=1S/C18H40N2/c1-3-5-6-10-14-17-20-18-15-12-9-7-8-11-13-16-19-4-2/h19-20H,3-18H2,1-2H3. The van der Waals surface area contributed by atoms with Crippen molar-refractivity contribution >= 4 is 0 Å². The second-order valence-electron chi connectivity index (χ2n) is 5.99. The van der Waals surface area contributed by atoms with Gasteiger partial charge >= 0.3 is 0 Å². The molecule has 2 nitrogen and oxygen atoms in total. The van der Waals surface area contributed by atoms with Gasteiger partial charge in [-0.15, -0.1) is 0 Å². The molecule has 0 radical (unpaired) electrons. The zero-order valence-corrected chi connectivity index (χ0v) is 14.3. The van der Waals surface area contributed by atoms with Gasteiger partial charge in [0.05, 0.1) is 0 Å². The van der Waals surface area contributed by atoms with Crippen LogP contribution in [0.1, 0.15) is 90.9 Å². The van der Waals surface area contributed by atoms with Gasteiger partial charge in [-0.1, -0.05) is 71.6 Å². The van der Waals surface area contributed by atoms with Gasteiger partial charge in [-0.3, -0.25) is 0 Å². The smallest absolute Gasteiger partial charge is 0.00489 e. The molecule has 0 aliphatic rings. The zero-order valence-electron chi connectivity index (χ0n) is 14.3. The molecule has 0 heterocycles. The minimum atomic E-state index is 1.12. The molecular weight excluding hydrogens is 244 g/mol. The average molecular weight is 285 g/mol. The molecule has 2 heteroatoms. The van der Waals surface area contributed by atoms with Crippen LogP contribution in [0.3, 0.4) is 0 Å². The molecule has 0 saturated heterocycles. The first kappa shape index (κ1) is 19.9. The van der Waals surface area contributed by atoms with E-state index >= 15 is 0 Å². The highest BCUT2D eigenvalue weighted by atomic mass is 14.8. The summed E-state index contributed by atoms with van der Waals surface area (Å²) in [6, 6.07) is 0. The van der Waals surface area contributed by atoms with Crippen LogP contribution in [0.5, 0.6) is 0 Å². The van der Waals surface area contributed by atoms with Gasteiger partial charge in [0.25, 0.3) is 0 Å². The maximum Gasteiger partial charge on any atom is -0.00489 e. The molecule has 0 spiro atoms. The third kappa shape index (κ3) is 17.9. The van der Waals surface area contributed by atoms with Gasteiger partial charge in [0.15, 0.2) is 0 Å². The molecule has 0 aromatic rings. The van der Waals surface area contributed by atoms with Gasteiger partial charge in [0.2, 0.25) is 0 Å². The Kier molecular flexibility index (Phi) is 18.8. The van der Waals surface area contributed by atoms with Crippen molar-refractivity contribution in [1.82, 2.24) is 10.6 Å². The van der Waals surface area contributed by atoms with E-state index in [4.69, 9.17) is 0 Å². The van der Waals surface area contributed by atoms with Crippen molar-refractivity contribution in [2.45, 2.75) is 90.9 Å². The number of unbranched alkanes of at least 4 members (excludes halogenated alkanes) is 10. The molecular formula is C18H40N2. The lowest BCUT2D eigenvalue weighted by Gasteiger charge is -2.05. The quantitative estimate of drug-likeness (QED) is 0.372. The van der Waals surface area contributed by atoms with Crippen molar-refractivity contribution in [1.29, 1.82) is 0 Å². The van der Waals surface area contributed by atoms with Gasteiger partial charge in [-0.25, -0.2) is 0 Å². The van der Waals surface area contributed by atoms with E-state index in [0.717, 1.165) is 6.54 Å². The Bertz CT molecular complexity index is 141. The van der Waals surface area contributed by atoms with E-state index in [1.54, 1.807) is 0 Å². The summed E-state index contributed by atoms with van der Waals surface area (Å²) in [7, 11) is 0. The van der Waals surface area contributed by atoms with Crippen LogP contribution in [-0.2, 0) is 0 Å². The van der Waals surface area contributed by atoms with Gasteiger partial charge in [0.1, 0.15) is 0 Å². The summed E-state index contributed by atoms with van der Waals surface area (Å²) in [4.78, 5) is 0. The monoisotopic (exact) mass is 284 g/mol. The molecule has 0 unspecified atom stereocenters. The Morgan fingerprint density at radius 3 is 1.30 bits per heavy atom. The molecule has 0 amide bonds. The first-order chi connectivity index (χ1) is 9.91. The second-order valence-corrected chi connectivity index (χ2v) is 5.99. The molecule has 0 bridgehead atoms. The molecule has 0 aliphatic heterocycles. The maximum atomic E-state index is 3.58. The van der Waals surface area contributed by atoms with Crippen molar-refractivity contribution in [2.24, 2.45) is 0 Å².